The number of anilines is 1. The minimum Gasteiger partial charge on any atom is -0.412 e. The lowest BCUT2D eigenvalue weighted by molar-refractivity contribution is 0.0991. The third kappa shape index (κ3) is 2.94. The fraction of sp³-hybridized carbons (Fsp3) is 0. The molecule has 3 aromatic rings. The normalized spacial score (nSPS) is 10.3. The molecule has 0 radical (unpaired) electrons. The van der Waals surface area contributed by atoms with Crippen molar-refractivity contribution in [1.29, 1.82) is 0 Å². The minimum atomic E-state index is -0.517. The number of hydrogen-bond acceptors (Lipinski definition) is 4. The van der Waals surface area contributed by atoms with E-state index in [1.165, 1.54) is 18.2 Å². The van der Waals surface area contributed by atoms with Gasteiger partial charge in [0, 0.05) is 11.3 Å². The first-order valence-corrected chi connectivity index (χ1v) is 6.18. The fourth-order valence-corrected chi connectivity index (χ4v) is 1.76. The second kappa shape index (κ2) is 5.54. The topological polar surface area (TPSA) is 68.0 Å². The highest BCUT2D eigenvalue weighted by Gasteiger charge is 2.16. The molecule has 1 amide bonds. The molecule has 0 saturated heterocycles. The molecule has 1 aromatic heterocycles. The number of benzene rings is 2. The first kappa shape index (κ1) is 13.0. The van der Waals surface area contributed by atoms with E-state index in [0.717, 1.165) is 0 Å². The second-order valence-corrected chi connectivity index (χ2v) is 4.24. The van der Waals surface area contributed by atoms with E-state index in [1.807, 2.05) is 6.07 Å². The van der Waals surface area contributed by atoms with Crippen LogP contribution in [-0.4, -0.2) is 16.1 Å². The summed E-state index contributed by atoms with van der Waals surface area (Å²) < 4.78 is 18.4. The van der Waals surface area contributed by atoms with Crippen molar-refractivity contribution in [2.45, 2.75) is 0 Å². The van der Waals surface area contributed by atoms with Crippen LogP contribution in [0.2, 0.25) is 0 Å². The lowest BCUT2D eigenvalue weighted by Crippen LogP contribution is -2.12. The quantitative estimate of drug-likeness (QED) is 0.801. The summed E-state index contributed by atoms with van der Waals surface area (Å²) >= 11 is 0. The van der Waals surface area contributed by atoms with E-state index in [2.05, 4.69) is 15.5 Å². The first-order chi connectivity index (χ1) is 10.2. The molecule has 0 fully saturated rings. The molecule has 0 unspecified atom stereocenters. The van der Waals surface area contributed by atoms with Crippen LogP contribution in [0, 0.1) is 5.82 Å². The van der Waals surface area contributed by atoms with Gasteiger partial charge in [-0.3, -0.25) is 4.79 Å². The molecule has 0 saturated carbocycles. The number of halogens is 1. The lowest BCUT2D eigenvalue weighted by Gasteiger charge is -2.00. The molecule has 0 aliphatic carbocycles. The van der Waals surface area contributed by atoms with Crippen molar-refractivity contribution in [3.05, 3.63) is 66.3 Å². The Bertz CT molecular complexity index is 771. The van der Waals surface area contributed by atoms with Crippen molar-refractivity contribution in [3.8, 4) is 11.5 Å². The Hall–Kier alpha value is -3.02. The van der Waals surface area contributed by atoms with Gasteiger partial charge in [-0.1, -0.05) is 24.3 Å². The van der Waals surface area contributed by atoms with Gasteiger partial charge < -0.3 is 9.73 Å². The van der Waals surface area contributed by atoms with Gasteiger partial charge in [-0.05, 0) is 30.3 Å². The monoisotopic (exact) mass is 283 g/mol. The minimum absolute atomic E-state index is 0.0905. The zero-order valence-electron chi connectivity index (χ0n) is 10.8. The van der Waals surface area contributed by atoms with Crippen LogP contribution in [0.25, 0.3) is 11.5 Å². The van der Waals surface area contributed by atoms with Crippen molar-refractivity contribution < 1.29 is 13.6 Å². The van der Waals surface area contributed by atoms with E-state index in [4.69, 9.17) is 4.42 Å². The maximum Gasteiger partial charge on any atom is 0.313 e. The summed E-state index contributed by atoms with van der Waals surface area (Å²) in [5.41, 5.74) is 1.04. The molecule has 3 rings (SSSR count). The van der Waals surface area contributed by atoms with Crippen molar-refractivity contribution in [1.82, 2.24) is 10.2 Å². The molecular weight excluding hydrogens is 273 g/mol. The first-order valence-electron chi connectivity index (χ1n) is 6.18. The van der Waals surface area contributed by atoms with Crippen molar-refractivity contribution >= 4 is 11.6 Å². The van der Waals surface area contributed by atoms with Gasteiger partial charge in [0.2, 0.25) is 5.89 Å². The summed E-state index contributed by atoms with van der Waals surface area (Å²) in [4.78, 5) is 11.9. The predicted molar refractivity (Wildman–Crippen MR) is 74.1 cm³/mol. The Morgan fingerprint density at radius 3 is 2.62 bits per heavy atom. The van der Waals surface area contributed by atoms with E-state index < -0.39 is 11.7 Å². The second-order valence-electron chi connectivity index (χ2n) is 4.24. The van der Waals surface area contributed by atoms with E-state index in [9.17, 15) is 9.18 Å². The van der Waals surface area contributed by atoms with Crippen LogP contribution in [0.3, 0.4) is 0 Å². The Balaban J connectivity index is 1.80. The van der Waals surface area contributed by atoms with E-state index in [-0.39, 0.29) is 11.8 Å². The number of rotatable bonds is 3. The third-order valence-electron chi connectivity index (χ3n) is 2.72. The molecule has 0 aliphatic rings. The molecule has 1 N–H and O–H groups in total. The number of nitrogens with zero attached hydrogens (tertiary/aromatic N) is 2. The van der Waals surface area contributed by atoms with Gasteiger partial charge in [0.05, 0.1) is 0 Å². The number of nitrogens with one attached hydrogen (secondary N) is 1. The maximum atomic E-state index is 13.1. The Morgan fingerprint density at radius 1 is 1.05 bits per heavy atom. The number of aromatic nitrogens is 2. The number of para-hydroxylation sites is 1. The fourth-order valence-electron chi connectivity index (χ4n) is 1.76. The molecule has 2 aromatic carbocycles. The van der Waals surface area contributed by atoms with Gasteiger partial charge in [-0.15, -0.1) is 10.2 Å². The smallest absolute Gasteiger partial charge is 0.313 e. The summed E-state index contributed by atoms with van der Waals surface area (Å²) in [6.07, 6.45) is 0. The molecule has 1 heterocycles. The van der Waals surface area contributed by atoms with Crippen molar-refractivity contribution in [2.75, 3.05) is 5.32 Å². The van der Waals surface area contributed by atoms with Crippen LogP contribution in [-0.2, 0) is 0 Å². The van der Waals surface area contributed by atoms with Gasteiger partial charge in [0.15, 0.2) is 0 Å². The molecular formula is C15H10FN3O2. The summed E-state index contributed by atoms with van der Waals surface area (Å²) in [5, 5.41) is 10.0. The highest BCUT2D eigenvalue weighted by atomic mass is 19.1. The Labute approximate surface area is 119 Å². The highest BCUT2D eigenvalue weighted by molar-refractivity contribution is 6.00. The van der Waals surface area contributed by atoms with Gasteiger partial charge in [-0.25, -0.2) is 4.39 Å². The standard InChI is InChI=1S/C15H10FN3O2/c16-11-6-4-5-10(9-11)14-18-19-15(21-14)13(20)17-12-7-2-1-3-8-12/h1-9H,(H,17,20). The average molecular weight is 283 g/mol. The lowest BCUT2D eigenvalue weighted by atomic mass is 10.2. The molecule has 5 nitrogen and oxygen atoms in total. The van der Waals surface area contributed by atoms with E-state index in [0.29, 0.717) is 11.3 Å². The summed E-state index contributed by atoms with van der Waals surface area (Å²) in [6, 6.07) is 14.6. The van der Waals surface area contributed by atoms with E-state index >= 15 is 0 Å². The maximum absolute atomic E-state index is 13.1. The Kier molecular flexibility index (Phi) is 3.42. The number of hydrogen-bond donors (Lipinski definition) is 1. The highest BCUT2D eigenvalue weighted by Crippen LogP contribution is 2.19. The average Bonchev–Trinajstić information content (AvgIpc) is 2.98. The molecule has 0 atom stereocenters. The zero-order chi connectivity index (χ0) is 14.7. The van der Waals surface area contributed by atoms with Crippen molar-refractivity contribution in [2.24, 2.45) is 0 Å². The van der Waals surface area contributed by atoms with Crippen LogP contribution >= 0.6 is 0 Å². The van der Waals surface area contributed by atoms with Crippen LogP contribution in [0.4, 0.5) is 10.1 Å². The molecule has 0 bridgehead atoms. The molecule has 21 heavy (non-hydrogen) atoms. The number of carbonyl (C=O) groups is 1. The number of amides is 1. The van der Waals surface area contributed by atoms with Gasteiger partial charge in [0.25, 0.3) is 0 Å². The summed E-state index contributed by atoms with van der Waals surface area (Å²) in [5.74, 6) is -1.02. The number of carbonyl (C=O) groups excluding carboxylic acids is 1. The third-order valence-corrected chi connectivity index (χ3v) is 2.72. The predicted octanol–water partition coefficient (Wildman–Crippen LogP) is 3.13. The van der Waals surface area contributed by atoms with Crippen LogP contribution in [0.15, 0.2) is 59.0 Å². The molecule has 0 aliphatic heterocycles. The molecule has 0 spiro atoms. The van der Waals surface area contributed by atoms with E-state index in [1.54, 1.807) is 30.3 Å². The summed E-state index contributed by atoms with van der Waals surface area (Å²) in [6.45, 7) is 0. The van der Waals surface area contributed by atoms with Crippen LogP contribution in [0.1, 0.15) is 10.7 Å². The zero-order valence-corrected chi connectivity index (χ0v) is 10.8. The van der Waals surface area contributed by atoms with Crippen LogP contribution < -0.4 is 5.32 Å². The van der Waals surface area contributed by atoms with Gasteiger partial charge in [0.1, 0.15) is 5.82 Å². The largest absolute Gasteiger partial charge is 0.412 e. The molecule has 104 valence electrons. The Morgan fingerprint density at radius 2 is 1.86 bits per heavy atom. The van der Waals surface area contributed by atoms with Gasteiger partial charge in [-0.2, -0.15) is 0 Å². The van der Waals surface area contributed by atoms with Crippen LogP contribution in [0.5, 0.6) is 0 Å². The summed E-state index contributed by atoms with van der Waals surface area (Å²) in [7, 11) is 0. The SMILES string of the molecule is O=C(Nc1ccccc1)c1nnc(-c2cccc(F)c2)o1. The van der Waals surface area contributed by atoms with Gasteiger partial charge >= 0.3 is 11.8 Å². The van der Waals surface area contributed by atoms with Crippen molar-refractivity contribution in [3.63, 3.8) is 0 Å². The molecule has 6 heteroatoms.